The highest BCUT2D eigenvalue weighted by atomic mass is 35.5. The van der Waals surface area contributed by atoms with Gasteiger partial charge in [-0.05, 0) is 18.2 Å². The minimum absolute atomic E-state index is 0.0392. The maximum absolute atomic E-state index is 11.8. The molecule has 15 heavy (non-hydrogen) atoms. The molecule has 0 atom stereocenters. The molecule has 0 radical (unpaired) electrons. The Kier molecular flexibility index (Phi) is 3.56. The fourth-order valence-electron chi connectivity index (χ4n) is 0.963. The van der Waals surface area contributed by atoms with Gasteiger partial charge in [0.25, 0.3) is 10.0 Å². The molecule has 0 heterocycles. The van der Waals surface area contributed by atoms with E-state index in [0.29, 0.717) is 5.69 Å². The van der Waals surface area contributed by atoms with E-state index in [1.54, 1.807) is 0 Å². The third-order valence-corrected chi connectivity index (χ3v) is 3.99. The zero-order valence-electron chi connectivity index (χ0n) is 8.27. The van der Waals surface area contributed by atoms with Crippen LogP contribution in [0.3, 0.4) is 0 Å². The topological polar surface area (TPSA) is 72.6 Å². The van der Waals surface area contributed by atoms with Crippen LogP contribution in [0.4, 0.5) is 5.69 Å². The van der Waals surface area contributed by atoms with E-state index in [4.69, 9.17) is 17.3 Å². The van der Waals surface area contributed by atoms with E-state index in [1.807, 2.05) is 0 Å². The molecule has 0 unspecified atom stereocenters. The summed E-state index contributed by atoms with van der Waals surface area (Å²) in [5.41, 5.74) is 5.86. The lowest BCUT2D eigenvalue weighted by Gasteiger charge is -2.15. The van der Waals surface area contributed by atoms with Gasteiger partial charge < -0.3 is 5.73 Å². The first-order valence-corrected chi connectivity index (χ1v) is 5.79. The lowest BCUT2D eigenvalue weighted by molar-refractivity contribution is -0.0258. The third kappa shape index (κ3) is 2.40. The predicted molar refractivity (Wildman–Crippen MR) is 57.8 cm³/mol. The van der Waals surface area contributed by atoms with Crippen LogP contribution < -0.4 is 5.73 Å². The number of halogens is 1. The molecule has 0 aliphatic rings. The Bertz CT molecular complexity index is 461. The van der Waals surface area contributed by atoms with Gasteiger partial charge in [0.15, 0.2) is 0 Å². The van der Waals surface area contributed by atoms with Gasteiger partial charge in [-0.2, -0.15) is 0 Å². The van der Waals surface area contributed by atoms with E-state index in [1.165, 1.54) is 32.4 Å². The van der Waals surface area contributed by atoms with E-state index >= 15 is 0 Å². The molecule has 2 N–H and O–H groups in total. The molecule has 0 bridgehead atoms. The first-order valence-electron chi connectivity index (χ1n) is 3.97. The first-order chi connectivity index (χ1) is 6.89. The lowest BCUT2D eigenvalue weighted by Crippen LogP contribution is -2.26. The number of anilines is 1. The molecule has 0 aliphatic heterocycles. The van der Waals surface area contributed by atoms with Gasteiger partial charge in [-0.25, -0.2) is 8.42 Å². The van der Waals surface area contributed by atoms with Crippen LogP contribution in [0, 0.1) is 0 Å². The summed E-state index contributed by atoms with van der Waals surface area (Å²) >= 11 is 5.77. The molecule has 1 rings (SSSR count). The quantitative estimate of drug-likeness (QED) is 0.644. The zero-order chi connectivity index (χ0) is 11.6. The van der Waals surface area contributed by atoms with Crippen molar-refractivity contribution in [2.24, 2.45) is 0 Å². The van der Waals surface area contributed by atoms with Gasteiger partial charge in [0.05, 0.1) is 12.1 Å². The maximum Gasteiger partial charge on any atom is 0.266 e. The molecule has 0 amide bonds. The lowest BCUT2D eigenvalue weighted by atomic mass is 10.3. The van der Waals surface area contributed by atoms with E-state index < -0.39 is 10.0 Å². The number of nitrogen functional groups attached to an aromatic ring is 1. The van der Waals surface area contributed by atoms with Crippen molar-refractivity contribution in [3.63, 3.8) is 0 Å². The summed E-state index contributed by atoms with van der Waals surface area (Å²) in [4.78, 5) is 4.57. The Hall–Kier alpha value is -0.820. The second kappa shape index (κ2) is 4.36. The van der Waals surface area contributed by atoms with Gasteiger partial charge in [-0.1, -0.05) is 16.1 Å². The maximum atomic E-state index is 11.8. The number of nitrogens with two attached hydrogens (primary N) is 1. The average molecular weight is 251 g/mol. The van der Waals surface area contributed by atoms with Gasteiger partial charge in [0.1, 0.15) is 4.90 Å². The smallest absolute Gasteiger partial charge is 0.266 e. The largest absolute Gasteiger partial charge is 0.399 e. The Morgan fingerprint density at radius 2 is 2.07 bits per heavy atom. The summed E-state index contributed by atoms with van der Waals surface area (Å²) in [5, 5.41) is 0.0684. The summed E-state index contributed by atoms with van der Waals surface area (Å²) in [6.45, 7) is 0. The number of sulfonamides is 1. The summed E-state index contributed by atoms with van der Waals surface area (Å²) in [6.07, 6.45) is 0. The molecule has 5 nitrogen and oxygen atoms in total. The monoisotopic (exact) mass is 250 g/mol. The second-order valence-corrected chi connectivity index (χ2v) is 5.10. The standard InChI is InChI=1S/C8H11ClN2O3S/c1-11(14-2)15(12,13)8-4-3-6(10)5-7(8)9/h3-5H,10H2,1-2H3. The highest BCUT2D eigenvalue weighted by Gasteiger charge is 2.23. The van der Waals surface area contributed by atoms with Crippen LogP contribution in [0.1, 0.15) is 0 Å². The van der Waals surface area contributed by atoms with Crippen molar-refractivity contribution in [1.29, 1.82) is 0 Å². The molecule has 0 spiro atoms. The Labute approximate surface area is 93.4 Å². The number of benzene rings is 1. The summed E-state index contributed by atoms with van der Waals surface area (Å²) in [6, 6.07) is 4.17. The van der Waals surface area contributed by atoms with Crippen molar-refractivity contribution in [3.8, 4) is 0 Å². The molecule has 0 fully saturated rings. The van der Waals surface area contributed by atoms with Crippen LogP contribution in [-0.4, -0.2) is 27.0 Å². The SMILES string of the molecule is CON(C)S(=O)(=O)c1ccc(N)cc1Cl. The Balaban J connectivity index is 3.28. The molecule has 0 aliphatic carbocycles. The van der Waals surface area contributed by atoms with Crippen molar-refractivity contribution in [3.05, 3.63) is 23.2 Å². The molecule has 0 aromatic heterocycles. The third-order valence-electron chi connectivity index (χ3n) is 1.83. The van der Waals surface area contributed by atoms with Crippen LogP contribution in [0.25, 0.3) is 0 Å². The van der Waals surface area contributed by atoms with Gasteiger partial charge in [0, 0.05) is 12.7 Å². The molecule has 7 heteroatoms. The second-order valence-electron chi connectivity index (χ2n) is 2.79. The van der Waals surface area contributed by atoms with Gasteiger partial charge in [-0.15, -0.1) is 0 Å². The highest BCUT2D eigenvalue weighted by Crippen LogP contribution is 2.25. The van der Waals surface area contributed by atoms with Crippen molar-refractivity contribution in [2.75, 3.05) is 19.9 Å². The van der Waals surface area contributed by atoms with Crippen LogP contribution in [0.2, 0.25) is 5.02 Å². The van der Waals surface area contributed by atoms with E-state index in [-0.39, 0.29) is 9.92 Å². The number of hydroxylamine groups is 1. The molecule has 1 aromatic carbocycles. The van der Waals surface area contributed by atoms with Crippen LogP contribution in [-0.2, 0) is 14.9 Å². The molecular weight excluding hydrogens is 240 g/mol. The molecule has 1 aromatic rings. The van der Waals surface area contributed by atoms with Crippen molar-refractivity contribution in [2.45, 2.75) is 4.90 Å². The van der Waals surface area contributed by atoms with Crippen LogP contribution in [0.5, 0.6) is 0 Å². The Morgan fingerprint density at radius 3 is 2.53 bits per heavy atom. The van der Waals surface area contributed by atoms with Crippen molar-refractivity contribution in [1.82, 2.24) is 4.47 Å². The zero-order valence-corrected chi connectivity index (χ0v) is 9.84. The predicted octanol–water partition coefficient (Wildman–Crippen LogP) is 1.10. The highest BCUT2D eigenvalue weighted by molar-refractivity contribution is 7.89. The summed E-state index contributed by atoms with van der Waals surface area (Å²) in [7, 11) is -1.18. The molecular formula is C8H11ClN2O3S. The van der Waals surface area contributed by atoms with Gasteiger partial charge in [0.2, 0.25) is 0 Å². The molecule has 84 valence electrons. The van der Waals surface area contributed by atoms with Crippen molar-refractivity contribution >= 4 is 27.3 Å². The van der Waals surface area contributed by atoms with E-state index in [0.717, 1.165) is 4.47 Å². The number of nitrogens with zero attached hydrogens (tertiary/aromatic N) is 1. The van der Waals surface area contributed by atoms with Crippen molar-refractivity contribution < 1.29 is 13.3 Å². The number of hydrogen-bond acceptors (Lipinski definition) is 4. The van der Waals surface area contributed by atoms with Crippen LogP contribution >= 0.6 is 11.6 Å². The average Bonchev–Trinajstić information content (AvgIpc) is 2.15. The minimum atomic E-state index is -3.71. The number of rotatable bonds is 3. The van der Waals surface area contributed by atoms with Crippen LogP contribution in [0.15, 0.2) is 23.1 Å². The number of hydrogen-bond donors (Lipinski definition) is 1. The molecule has 0 saturated carbocycles. The van der Waals surface area contributed by atoms with Gasteiger partial charge >= 0.3 is 0 Å². The van der Waals surface area contributed by atoms with E-state index in [2.05, 4.69) is 4.84 Å². The normalized spacial score (nSPS) is 12.0. The summed E-state index contributed by atoms with van der Waals surface area (Å²) < 4.78 is 24.3. The first kappa shape index (κ1) is 12.3. The van der Waals surface area contributed by atoms with Gasteiger partial charge in [-0.3, -0.25) is 4.84 Å². The minimum Gasteiger partial charge on any atom is -0.399 e. The Morgan fingerprint density at radius 1 is 1.47 bits per heavy atom. The summed E-state index contributed by atoms with van der Waals surface area (Å²) in [5.74, 6) is 0. The fourth-order valence-corrected chi connectivity index (χ4v) is 2.46. The fraction of sp³-hybridized carbons (Fsp3) is 0.250. The molecule has 0 saturated heterocycles. The van der Waals surface area contributed by atoms with E-state index in [9.17, 15) is 8.42 Å².